The highest BCUT2D eigenvalue weighted by molar-refractivity contribution is 5.78. The molecule has 1 aromatic rings. The Labute approximate surface area is 142 Å². The molecule has 1 atom stereocenters. The Bertz CT molecular complexity index is 549. The average molecular weight is 334 g/mol. The molecule has 1 aliphatic rings. The number of methoxy groups -OCH3 is 1. The molecule has 6 nitrogen and oxygen atoms in total. The molecule has 0 bridgehead atoms. The van der Waals surface area contributed by atoms with E-state index in [0.29, 0.717) is 39.0 Å². The lowest BCUT2D eigenvalue weighted by Gasteiger charge is -2.39. The second kappa shape index (κ2) is 8.68. The first-order valence-electron chi connectivity index (χ1n) is 8.36. The van der Waals surface area contributed by atoms with E-state index in [-0.39, 0.29) is 12.6 Å². The smallest absolute Gasteiger partial charge is 0.317 e. The van der Waals surface area contributed by atoms with E-state index in [1.54, 1.807) is 12.0 Å². The van der Waals surface area contributed by atoms with Crippen LogP contribution in [0.3, 0.4) is 0 Å². The van der Waals surface area contributed by atoms with Gasteiger partial charge in [0.05, 0.1) is 5.41 Å². The number of carbonyl (C=O) groups excluding carboxylic acids is 1. The summed E-state index contributed by atoms with van der Waals surface area (Å²) in [4.78, 5) is 25.7. The van der Waals surface area contributed by atoms with Gasteiger partial charge in [-0.25, -0.2) is 4.79 Å². The number of amides is 2. The minimum atomic E-state index is -0.898. The number of likely N-dealkylation sites (tertiary alicyclic amines) is 1. The van der Waals surface area contributed by atoms with E-state index >= 15 is 0 Å². The van der Waals surface area contributed by atoms with Crippen LogP contribution in [0, 0.1) is 5.41 Å². The number of nitrogens with zero attached hydrogens (tertiary/aromatic N) is 1. The van der Waals surface area contributed by atoms with Gasteiger partial charge in [-0.3, -0.25) is 4.79 Å². The van der Waals surface area contributed by atoms with Crippen LogP contribution >= 0.6 is 0 Å². The van der Waals surface area contributed by atoms with Crippen molar-refractivity contribution in [1.82, 2.24) is 10.2 Å². The number of benzene rings is 1. The molecule has 132 valence electrons. The Hall–Kier alpha value is -2.08. The number of hydrogen-bond donors (Lipinski definition) is 2. The number of rotatable bonds is 7. The molecule has 0 radical (unpaired) electrons. The minimum absolute atomic E-state index is 0.186. The van der Waals surface area contributed by atoms with Gasteiger partial charge in [-0.2, -0.15) is 0 Å². The molecule has 1 fully saturated rings. The van der Waals surface area contributed by atoms with Gasteiger partial charge in [0.2, 0.25) is 0 Å². The summed E-state index contributed by atoms with van der Waals surface area (Å²) >= 11 is 0. The van der Waals surface area contributed by atoms with Crippen molar-refractivity contribution < 1.29 is 19.4 Å². The lowest BCUT2D eigenvalue weighted by Crippen LogP contribution is -2.53. The third-order valence-corrected chi connectivity index (χ3v) is 4.64. The van der Waals surface area contributed by atoms with Gasteiger partial charge < -0.3 is 20.1 Å². The van der Waals surface area contributed by atoms with E-state index in [4.69, 9.17) is 4.74 Å². The minimum Gasteiger partial charge on any atom is -0.481 e. The normalized spacial score (nSPS) is 20.6. The number of urea groups is 1. The van der Waals surface area contributed by atoms with E-state index in [1.807, 2.05) is 30.3 Å². The van der Waals surface area contributed by atoms with Gasteiger partial charge in [0.15, 0.2) is 0 Å². The fourth-order valence-corrected chi connectivity index (χ4v) is 3.16. The zero-order chi connectivity index (χ0) is 17.4. The van der Waals surface area contributed by atoms with Crippen molar-refractivity contribution in [2.24, 2.45) is 5.41 Å². The Balaban J connectivity index is 1.88. The van der Waals surface area contributed by atoms with Crippen molar-refractivity contribution in [1.29, 1.82) is 0 Å². The summed E-state index contributed by atoms with van der Waals surface area (Å²) in [5.41, 5.74) is 0.266. The Morgan fingerprint density at radius 2 is 2.08 bits per heavy atom. The first-order chi connectivity index (χ1) is 11.6. The largest absolute Gasteiger partial charge is 0.481 e. The molecule has 2 amide bonds. The van der Waals surface area contributed by atoms with E-state index < -0.39 is 11.4 Å². The molecule has 0 unspecified atom stereocenters. The van der Waals surface area contributed by atoms with Crippen LogP contribution in [0.1, 0.15) is 24.8 Å². The van der Waals surface area contributed by atoms with Crippen LogP contribution in [-0.4, -0.2) is 55.4 Å². The second-order valence-electron chi connectivity index (χ2n) is 6.32. The summed E-state index contributed by atoms with van der Waals surface area (Å²) in [6, 6.07) is 9.76. The molecule has 0 saturated carbocycles. The van der Waals surface area contributed by atoms with E-state index in [2.05, 4.69) is 5.32 Å². The quantitative estimate of drug-likeness (QED) is 0.801. The Kier molecular flexibility index (Phi) is 6.61. The van der Waals surface area contributed by atoms with E-state index in [1.165, 1.54) is 0 Å². The van der Waals surface area contributed by atoms with E-state index in [0.717, 1.165) is 12.0 Å². The zero-order valence-corrected chi connectivity index (χ0v) is 14.2. The predicted octanol–water partition coefficient (Wildman–Crippen LogP) is 2.14. The van der Waals surface area contributed by atoms with Crippen molar-refractivity contribution >= 4 is 12.0 Å². The highest BCUT2D eigenvalue weighted by Crippen LogP contribution is 2.34. The van der Waals surface area contributed by atoms with Crippen molar-refractivity contribution in [3.63, 3.8) is 0 Å². The van der Waals surface area contributed by atoms with Crippen molar-refractivity contribution in [2.45, 2.75) is 25.7 Å². The summed E-state index contributed by atoms with van der Waals surface area (Å²) in [7, 11) is 1.56. The number of piperidine rings is 1. The summed E-state index contributed by atoms with van der Waals surface area (Å²) < 4.78 is 5.05. The molecule has 6 heteroatoms. The van der Waals surface area contributed by atoms with Gasteiger partial charge in [-0.15, -0.1) is 0 Å². The Morgan fingerprint density at radius 1 is 1.33 bits per heavy atom. The first kappa shape index (κ1) is 18.3. The van der Waals surface area contributed by atoms with Gasteiger partial charge >= 0.3 is 12.0 Å². The van der Waals surface area contributed by atoms with E-state index in [9.17, 15) is 14.7 Å². The van der Waals surface area contributed by atoms with Crippen LogP contribution in [0.15, 0.2) is 30.3 Å². The van der Waals surface area contributed by atoms with Gasteiger partial charge in [0.1, 0.15) is 0 Å². The molecule has 0 aromatic heterocycles. The number of hydrogen-bond acceptors (Lipinski definition) is 3. The molecular weight excluding hydrogens is 308 g/mol. The zero-order valence-electron chi connectivity index (χ0n) is 14.2. The number of ether oxygens (including phenoxy) is 1. The Morgan fingerprint density at radius 3 is 2.75 bits per heavy atom. The highest BCUT2D eigenvalue weighted by atomic mass is 16.5. The maximum absolute atomic E-state index is 12.4. The maximum Gasteiger partial charge on any atom is 0.317 e. The molecule has 1 saturated heterocycles. The predicted molar refractivity (Wildman–Crippen MR) is 90.9 cm³/mol. The summed E-state index contributed by atoms with van der Waals surface area (Å²) in [5.74, 6) is -0.846. The van der Waals surface area contributed by atoms with Crippen LogP contribution in [0.5, 0.6) is 0 Å². The number of carboxylic acids is 1. The van der Waals surface area contributed by atoms with Gasteiger partial charge in [0.25, 0.3) is 0 Å². The standard InChI is InChI=1S/C18H26N2O4/c1-24-13-10-18(16(21)22)9-5-12-20(14-18)17(23)19-11-8-15-6-3-2-4-7-15/h2-4,6-7H,5,8-14H2,1H3,(H,19,23)(H,21,22)/t18-/m1/s1. The van der Waals surface area contributed by atoms with Crippen LogP contribution in [0.2, 0.25) is 0 Å². The number of carboxylic acid groups (broad SMARTS) is 1. The van der Waals surface area contributed by atoms with Crippen LogP contribution in [0.25, 0.3) is 0 Å². The summed E-state index contributed by atoms with van der Waals surface area (Å²) in [6.07, 6.45) is 2.46. The highest BCUT2D eigenvalue weighted by Gasteiger charge is 2.43. The fraction of sp³-hybridized carbons (Fsp3) is 0.556. The topological polar surface area (TPSA) is 78.9 Å². The maximum atomic E-state index is 12.4. The summed E-state index contributed by atoms with van der Waals surface area (Å²) in [5, 5.41) is 12.5. The molecule has 24 heavy (non-hydrogen) atoms. The molecule has 2 rings (SSSR count). The molecule has 0 spiro atoms. The molecule has 1 aromatic carbocycles. The summed E-state index contributed by atoms with van der Waals surface area (Å²) in [6.45, 7) is 1.76. The van der Waals surface area contributed by atoms with Crippen molar-refractivity contribution in [3.8, 4) is 0 Å². The van der Waals surface area contributed by atoms with Gasteiger partial charge in [0, 0.05) is 33.4 Å². The number of aliphatic carboxylic acids is 1. The van der Waals surface area contributed by atoms with Crippen LogP contribution < -0.4 is 5.32 Å². The molecular formula is C18H26N2O4. The van der Waals surface area contributed by atoms with Crippen molar-refractivity contribution in [3.05, 3.63) is 35.9 Å². The van der Waals surface area contributed by atoms with Gasteiger partial charge in [-0.1, -0.05) is 30.3 Å². The lowest BCUT2D eigenvalue weighted by atomic mass is 9.77. The second-order valence-corrected chi connectivity index (χ2v) is 6.32. The molecule has 0 aliphatic carbocycles. The number of nitrogens with one attached hydrogen (secondary N) is 1. The third kappa shape index (κ3) is 4.71. The average Bonchev–Trinajstić information content (AvgIpc) is 2.61. The monoisotopic (exact) mass is 334 g/mol. The van der Waals surface area contributed by atoms with Crippen molar-refractivity contribution in [2.75, 3.05) is 33.4 Å². The van der Waals surface area contributed by atoms with Gasteiger partial charge in [-0.05, 0) is 31.2 Å². The molecule has 1 aliphatic heterocycles. The lowest BCUT2D eigenvalue weighted by molar-refractivity contribution is -0.153. The third-order valence-electron chi connectivity index (χ3n) is 4.64. The molecule has 1 heterocycles. The fourth-order valence-electron chi connectivity index (χ4n) is 3.16. The first-order valence-corrected chi connectivity index (χ1v) is 8.36. The van der Waals surface area contributed by atoms with Crippen LogP contribution in [-0.2, 0) is 16.0 Å². The van der Waals surface area contributed by atoms with Crippen LogP contribution in [0.4, 0.5) is 4.79 Å². The molecule has 2 N–H and O–H groups in total. The SMILES string of the molecule is COCC[C@]1(C(=O)O)CCCN(C(=O)NCCc2ccccc2)C1. The number of carbonyl (C=O) groups is 2.